The van der Waals surface area contributed by atoms with E-state index in [1.807, 2.05) is 0 Å². The number of aryl methyl sites for hydroxylation is 1. The summed E-state index contributed by atoms with van der Waals surface area (Å²) in [5, 5.41) is 14.0. The average molecular weight is 372 g/mol. The molecule has 4 rings (SSSR count). The molecule has 8 heteroatoms. The molecule has 2 aromatic heterocycles. The van der Waals surface area contributed by atoms with Crippen LogP contribution in [0.2, 0.25) is 0 Å². The minimum Gasteiger partial charge on any atom is -0.389 e. The highest BCUT2D eigenvalue weighted by Crippen LogP contribution is 2.33. The molecule has 0 amide bonds. The van der Waals surface area contributed by atoms with Gasteiger partial charge >= 0.3 is 0 Å². The predicted octanol–water partition coefficient (Wildman–Crippen LogP) is 1.59. The molecule has 2 aliphatic rings. The van der Waals surface area contributed by atoms with Gasteiger partial charge in [0.25, 0.3) is 5.56 Å². The summed E-state index contributed by atoms with van der Waals surface area (Å²) < 4.78 is 6.91. The van der Waals surface area contributed by atoms with Crippen LogP contribution in [-0.2, 0) is 4.74 Å². The van der Waals surface area contributed by atoms with E-state index in [2.05, 4.69) is 15.3 Å². The van der Waals surface area contributed by atoms with Crippen molar-refractivity contribution in [3.8, 4) is 0 Å². The predicted molar refractivity (Wildman–Crippen MR) is 100 cm³/mol. The summed E-state index contributed by atoms with van der Waals surface area (Å²) in [7, 11) is 0. The fourth-order valence-corrected chi connectivity index (χ4v) is 3.86. The number of fused-ring (bicyclic) bond motifs is 1. The van der Waals surface area contributed by atoms with Crippen molar-refractivity contribution in [3.63, 3.8) is 0 Å². The number of rotatable bonds is 4. The number of aliphatic hydroxyl groups excluding tert-OH is 1. The summed E-state index contributed by atoms with van der Waals surface area (Å²) in [6.07, 6.45) is 4.55. The van der Waals surface area contributed by atoms with E-state index in [0.717, 1.165) is 19.3 Å². The van der Waals surface area contributed by atoms with E-state index in [0.29, 0.717) is 35.6 Å². The lowest BCUT2D eigenvalue weighted by molar-refractivity contribution is -0.0136. The van der Waals surface area contributed by atoms with Gasteiger partial charge in [-0.2, -0.15) is 4.98 Å². The molecule has 1 saturated carbocycles. The SMILES string of the molecule is CC(=O)c1c(C)c2cnc(N[C@@H]3CCOC[C@H]3O)nc2n(C2CCC2)c1=O. The zero-order valence-electron chi connectivity index (χ0n) is 15.6. The summed E-state index contributed by atoms with van der Waals surface area (Å²) in [5.41, 5.74) is 1.12. The van der Waals surface area contributed by atoms with Crippen LogP contribution in [0.15, 0.2) is 11.0 Å². The molecule has 1 saturated heterocycles. The number of ketones is 1. The highest BCUT2D eigenvalue weighted by molar-refractivity contribution is 5.99. The molecule has 8 nitrogen and oxygen atoms in total. The number of carbonyl (C=O) groups excluding carboxylic acids is 1. The maximum atomic E-state index is 13.0. The van der Waals surface area contributed by atoms with Crippen LogP contribution in [0.5, 0.6) is 0 Å². The zero-order valence-corrected chi connectivity index (χ0v) is 15.6. The lowest BCUT2D eigenvalue weighted by Crippen LogP contribution is -2.42. The summed E-state index contributed by atoms with van der Waals surface area (Å²) in [4.78, 5) is 34.1. The van der Waals surface area contributed by atoms with Crippen LogP contribution < -0.4 is 10.9 Å². The van der Waals surface area contributed by atoms with Crippen molar-refractivity contribution in [2.45, 2.75) is 57.7 Å². The molecule has 0 radical (unpaired) electrons. The molecule has 27 heavy (non-hydrogen) atoms. The molecule has 1 aliphatic carbocycles. The lowest BCUT2D eigenvalue weighted by atomic mass is 9.91. The number of Topliss-reactive ketones (excluding diaryl/α,β-unsaturated/α-hetero) is 1. The first-order valence-corrected chi connectivity index (χ1v) is 9.42. The van der Waals surface area contributed by atoms with Gasteiger partial charge in [-0.3, -0.25) is 14.2 Å². The first-order valence-electron chi connectivity index (χ1n) is 9.42. The molecule has 2 aromatic rings. The second-order valence-corrected chi connectivity index (χ2v) is 7.43. The Morgan fingerprint density at radius 2 is 2.15 bits per heavy atom. The van der Waals surface area contributed by atoms with Crippen LogP contribution in [0, 0.1) is 6.92 Å². The highest BCUT2D eigenvalue weighted by Gasteiger charge is 2.28. The lowest BCUT2D eigenvalue weighted by Gasteiger charge is -2.30. The van der Waals surface area contributed by atoms with Crippen molar-refractivity contribution in [1.82, 2.24) is 14.5 Å². The van der Waals surface area contributed by atoms with Gasteiger partial charge < -0.3 is 15.2 Å². The first kappa shape index (κ1) is 18.1. The molecule has 2 fully saturated rings. The summed E-state index contributed by atoms with van der Waals surface area (Å²) >= 11 is 0. The summed E-state index contributed by atoms with van der Waals surface area (Å²) in [6, 6.07) is -0.132. The number of hydrogen-bond acceptors (Lipinski definition) is 7. The van der Waals surface area contributed by atoms with Crippen molar-refractivity contribution in [2.24, 2.45) is 0 Å². The number of hydrogen-bond donors (Lipinski definition) is 2. The van der Waals surface area contributed by atoms with Crippen molar-refractivity contribution in [2.75, 3.05) is 18.5 Å². The Morgan fingerprint density at radius 1 is 1.37 bits per heavy atom. The van der Waals surface area contributed by atoms with E-state index in [1.165, 1.54) is 6.92 Å². The molecule has 2 atom stereocenters. The molecule has 144 valence electrons. The van der Waals surface area contributed by atoms with Crippen LogP contribution >= 0.6 is 0 Å². The van der Waals surface area contributed by atoms with E-state index in [9.17, 15) is 14.7 Å². The van der Waals surface area contributed by atoms with E-state index >= 15 is 0 Å². The second-order valence-electron chi connectivity index (χ2n) is 7.43. The van der Waals surface area contributed by atoms with Gasteiger partial charge in [0.05, 0.1) is 24.3 Å². The minimum atomic E-state index is -0.631. The smallest absolute Gasteiger partial charge is 0.263 e. The van der Waals surface area contributed by atoms with Gasteiger partial charge in [0.1, 0.15) is 5.65 Å². The number of nitrogens with one attached hydrogen (secondary N) is 1. The second kappa shape index (κ2) is 7.01. The third-order valence-corrected chi connectivity index (χ3v) is 5.64. The van der Waals surface area contributed by atoms with Crippen LogP contribution in [0.3, 0.4) is 0 Å². The van der Waals surface area contributed by atoms with Crippen LogP contribution in [0.25, 0.3) is 11.0 Å². The fourth-order valence-electron chi connectivity index (χ4n) is 3.86. The Hall–Kier alpha value is -2.32. The number of nitrogens with zero attached hydrogens (tertiary/aromatic N) is 3. The molecule has 2 N–H and O–H groups in total. The molecule has 0 spiro atoms. The minimum absolute atomic E-state index is 0.0649. The summed E-state index contributed by atoms with van der Waals surface area (Å²) in [6.45, 7) is 4.03. The zero-order chi connectivity index (χ0) is 19.1. The largest absolute Gasteiger partial charge is 0.389 e. The van der Waals surface area contributed by atoms with E-state index in [1.54, 1.807) is 17.7 Å². The highest BCUT2D eigenvalue weighted by atomic mass is 16.5. The van der Waals surface area contributed by atoms with Crippen molar-refractivity contribution < 1.29 is 14.6 Å². The third kappa shape index (κ3) is 3.12. The molecule has 0 unspecified atom stereocenters. The van der Waals surface area contributed by atoms with Crippen LogP contribution in [-0.4, -0.2) is 50.8 Å². The standard InChI is InChI=1S/C19H24N4O4/c1-10-13-8-20-19(21-14-6-7-27-9-15(14)25)22-17(13)23(12-4-3-5-12)18(26)16(10)11(2)24/h8,12,14-15,25H,3-7,9H2,1-2H3,(H,20,21,22)/t14-,15-/m1/s1. The molecule has 3 heterocycles. The molecule has 0 aromatic carbocycles. The Labute approximate surface area is 156 Å². The quantitative estimate of drug-likeness (QED) is 0.785. The Kier molecular flexibility index (Phi) is 4.69. The third-order valence-electron chi connectivity index (χ3n) is 5.64. The summed E-state index contributed by atoms with van der Waals surface area (Å²) in [5.74, 6) is 0.135. The van der Waals surface area contributed by atoms with Gasteiger partial charge in [-0.25, -0.2) is 4.98 Å². The normalized spacial score (nSPS) is 23.2. The Balaban J connectivity index is 1.83. The number of pyridine rings is 1. The van der Waals surface area contributed by atoms with Gasteiger partial charge in [-0.05, 0) is 45.1 Å². The first-order chi connectivity index (χ1) is 13.0. The number of anilines is 1. The molecular formula is C19H24N4O4. The monoisotopic (exact) mass is 372 g/mol. The van der Waals surface area contributed by atoms with Crippen LogP contribution in [0.1, 0.15) is 54.6 Å². The van der Waals surface area contributed by atoms with Gasteiger partial charge in [-0.1, -0.05) is 0 Å². The van der Waals surface area contributed by atoms with Gasteiger partial charge in [0.15, 0.2) is 5.78 Å². The number of aromatic nitrogens is 3. The molecule has 0 bridgehead atoms. The molecule has 1 aliphatic heterocycles. The van der Waals surface area contributed by atoms with E-state index in [4.69, 9.17) is 4.74 Å². The maximum absolute atomic E-state index is 13.0. The number of carbonyl (C=O) groups is 1. The Morgan fingerprint density at radius 3 is 2.78 bits per heavy atom. The average Bonchev–Trinajstić information content (AvgIpc) is 2.58. The molecular weight excluding hydrogens is 348 g/mol. The van der Waals surface area contributed by atoms with Crippen molar-refractivity contribution >= 4 is 22.8 Å². The van der Waals surface area contributed by atoms with Gasteiger partial charge in [0, 0.05) is 24.2 Å². The van der Waals surface area contributed by atoms with Crippen LogP contribution in [0.4, 0.5) is 5.95 Å². The van der Waals surface area contributed by atoms with Crippen molar-refractivity contribution in [3.05, 3.63) is 27.7 Å². The van der Waals surface area contributed by atoms with Crippen molar-refractivity contribution in [1.29, 1.82) is 0 Å². The Bertz CT molecular complexity index is 951. The van der Waals surface area contributed by atoms with Gasteiger partial charge in [0.2, 0.25) is 5.95 Å². The van der Waals surface area contributed by atoms with E-state index in [-0.39, 0.29) is 35.6 Å². The topological polar surface area (TPSA) is 106 Å². The van der Waals surface area contributed by atoms with Gasteiger partial charge in [-0.15, -0.1) is 0 Å². The maximum Gasteiger partial charge on any atom is 0.263 e. The fraction of sp³-hybridized carbons (Fsp3) is 0.579. The number of aliphatic hydroxyl groups is 1. The number of ether oxygens (including phenoxy) is 1. The van der Waals surface area contributed by atoms with E-state index < -0.39 is 6.10 Å².